The van der Waals surface area contributed by atoms with Crippen LogP contribution in [-0.4, -0.2) is 49.3 Å². The molecule has 1 fully saturated rings. The molecule has 0 aromatic carbocycles. The molecule has 0 saturated carbocycles. The van der Waals surface area contributed by atoms with Crippen LogP contribution in [0.15, 0.2) is 24.5 Å². The highest BCUT2D eigenvalue weighted by atomic mass is 19.4. The van der Waals surface area contributed by atoms with Crippen molar-refractivity contribution >= 4 is 5.69 Å². The Morgan fingerprint density at radius 2 is 1.86 bits per heavy atom. The van der Waals surface area contributed by atoms with Gasteiger partial charge in [0.2, 0.25) is 0 Å². The van der Waals surface area contributed by atoms with Crippen molar-refractivity contribution in [1.29, 1.82) is 0 Å². The Kier molecular flexibility index (Phi) is 5.45. The molecular weight excluding hydrogens is 279 g/mol. The van der Waals surface area contributed by atoms with Gasteiger partial charge in [0.15, 0.2) is 0 Å². The number of hydrogen-bond acceptors (Lipinski definition) is 3. The fourth-order valence-corrected chi connectivity index (χ4v) is 2.82. The van der Waals surface area contributed by atoms with Gasteiger partial charge >= 0.3 is 6.18 Å². The maximum atomic E-state index is 12.3. The summed E-state index contributed by atoms with van der Waals surface area (Å²) in [5.41, 5.74) is 1.18. The van der Waals surface area contributed by atoms with E-state index in [1.807, 2.05) is 12.1 Å². The molecule has 1 aromatic heterocycles. The molecule has 1 aliphatic heterocycles. The summed E-state index contributed by atoms with van der Waals surface area (Å²) < 4.78 is 36.8. The summed E-state index contributed by atoms with van der Waals surface area (Å²) in [6.45, 7) is 1.64. The number of pyridine rings is 1. The molecule has 0 amide bonds. The van der Waals surface area contributed by atoms with Crippen LogP contribution in [-0.2, 0) is 0 Å². The van der Waals surface area contributed by atoms with E-state index in [0.717, 1.165) is 32.4 Å². The fraction of sp³-hybridized carbons (Fsp3) is 0.667. The van der Waals surface area contributed by atoms with E-state index >= 15 is 0 Å². The first-order valence-electron chi connectivity index (χ1n) is 7.34. The first-order chi connectivity index (χ1) is 9.94. The van der Waals surface area contributed by atoms with Crippen LogP contribution in [0.5, 0.6) is 0 Å². The molecular formula is C15H22F3N3. The normalized spacial score (nSPS) is 17.5. The Morgan fingerprint density at radius 3 is 2.43 bits per heavy atom. The maximum absolute atomic E-state index is 12.3. The molecule has 118 valence electrons. The molecule has 0 unspecified atom stereocenters. The summed E-state index contributed by atoms with van der Waals surface area (Å²) in [6, 6.07) is 3.99. The predicted octanol–water partition coefficient (Wildman–Crippen LogP) is 3.18. The molecule has 2 heterocycles. The Labute approximate surface area is 123 Å². The van der Waals surface area contributed by atoms with Gasteiger partial charge in [-0.05, 0) is 50.9 Å². The highest BCUT2D eigenvalue weighted by molar-refractivity contribution is 5.44. The van der Waals surface area contributed by atoms with Gasteiger partial charge in [-0.25, -0.2) is 0 Å². The molecule has 0 radical (unpaired) electrons. The third kappa shape index (κ3) is 5.53. The quantitative estimate of drug-likeness (QED) is 0.832. The maximum Gasteiger partial charge on any atom is 0.401 e. The van der Waals surface area contributed by atoms with Gasteiger partial charge in [-0.3, -0.25) is 9.88 Å². The van der Waals surface area contributed by atoms with Crippen molar-refractivity contribution in [2.24, 2.45) is 5.92 Å². The van der Waals surface area contributed by atoms with E-state index in [9.17, 15) is 13.2 Å². The number of anilines is 1. The Balaban J connectivity index is 1.70. The van der Waals surface area contributed by atoms with Crippen molar-refractivity contribution in [1.82, 2.24) is 9.88 Å². The molecule has 0 spiro atoms. The van der Waals surface area contributed by atoms with Crippen molar-refractivity contribution in [2.75, 3.05) is 38.1 Å². The second kappa shape index (κ2) is 7.11. The van der Waals surface area contributed by atoms with Gasteiger partial charge in [0.05, 0.1) is 6.54 Å². The molecule has 0 bridgehead atoms. The Morgan fingerprint density at radius 1 is 1.24 bits per heavy atom. The number of alkyl halides is 3. The van der Waals surface area contributed by atoms with Crippen LogP contribution in [0.3, 0.4) is 0 Å². The lowest BCUT2D eigenvalue weighted by Crippen LogP contribution is -2.36. The van der Waals surface area contributed by atoms with Crippen LogP contribution < -0.4 is 4.90 Å². The zero-order chi connectivity index (χ0) is 15.3. The second-order valence-corrected chi connectivity index (χ2v) is 5.78. The van der Waals surface area contributed by atoms with E-state index in [-0.39, 0.29) is 0 Å². The minimum absolute atomic E-state index is 0.513. The van der Waals surface area contributed by atoms with E-state index in [2.05, 4.69) is 9.88 Å². The van der Waals surface area contributed by atoms with Crippen molar-refractivity contribution in [2.45, 2.75) is 25.4 Å². The van der Waals surface area contributed by atoms with Crippen LogP contribution in [0.1, 0.15) is 19.3 Å². The van der Waals surface area contributed by atoms with E-state index in [1.165, 1.54) is 10.6 Å². The van der Waals surface area contributed by atoms with Crippen molar-refractivity contribution in [3.63, 3.8) is 0 Å². The average Bonchev–Trinajstić information content (AvgIpc) is 2.45. The Bertz CT molecular complexity index is 414. The highest BCUT2D eigenvalue weighted by Crippen LogP contribution is 2.25. The van der Waals surface area contributed by atoms with Gasteiger partial charge in [0.25, 0.3) is 0 Å². The molecule has 1 aliphatic rings. The van der Waals surface area contributed by atoms with Gasteiger partial charge in [-0.1, -0.05) is 0 Å². The lowest BCUT2D eigenvalue weighted by Gasteiger charge is -2.34. The lowest BCUT2D eigenvalue weighted by molar-refractivity contribution is -0.143. The molecule has 0 atom stereocenters. The highest BCUT2D eigenvalue weighted by Gasteiger charge is 2.29. The minimum Gasteiger partial charge on any atom is -0.371 e. The van der Waals surface area contributed by atoms with Crippen LogP contribution in [0.2, 0.25) is 0 Å². The van der Waals surface area contributed by atoms with E-state index < -0.39 is 12.7 Å². The summed E-state index contributed by atoms with van der Waals surface area (Å²) >= 11 is 0. The standard InChI is InChI=1S/C15H22F3N3/c1-20(12-15(16,17)18)9-4-13-5-10-21(11-6-13)14-2-7-19-8-3-14/h2-3,7-8,13H,4-6,9-12H2,1H3. The van der Waals surface area contributed by atoms with Crippen LogP contribution in [0, 0.1) is 5.92 Å². The second-order valence-electron chi connectivity index (χ2n) is 5.78. The van der Waals surface area contributed by atoms with Gasteiger partial charge in [-0.2, -0.15) is 13.2 Å². The van der Waals surface area contributed by atoms with Gasteiger partial charge < -0.3 is 4.90 Å². The van der Waals surface area contributed by atoms with Crippen LogP contribution in [0.25, 0.3) is 0 Å². The van der Waals surface area contributed by atoms with Gasteiger partial charge in [0.1, 0.15) is 0 Å². The summed E-state index contributed by atoms with van der Waals surface area (Å²) in [6.07, 6.45) is 2.40. The predicted molar refractivity (Wildman–Crippen MR) is 77.3 cm³/mol. The van der Waals surface area contributed by atoms with Crippen LogP contribution >= 0.6 is 0 Å². The van der Waals surface area contributed by atoms with Gasteiger partial charge in [-0.15, -0.1) is 0 Å². The monoisotopic (exact) mass is 301 g/mol. The largest absolute Gasteiger partial charge is 0.401 e. The number of nitrogens with zero attached hydrogens (tertiary/aromatic N) is 3. The minimum atomic E-state index is -4.10. The van der Waals surface area contributed by atoms with Crippen LogP contribution in [0.4, 0.5) is 18.9 Å². The van der Waals surface area contributed by atoms with E-state index in [4.69, 9.17) is 0 Å². The smallest absolute Gasteiger partial charge is 0.371 e. The third-order valence-electron chi connectivity index (χ3n) is 4.01. The summed E-state index contributed by atoms with van der Waals surface area (Å²) in [5, 5.41) is 0. The molecule has 21 heavy (non-hydrogen) atoms. The zero-order valence-electron chi connectivity index (χ0n) is 12.3. The average molecular weight is 301 g/mol. The first-order valence-corrected chi connectivity index (χ1v) is 7.34. The number of aromatic nitrogens is 1. The van der Waals surface area contributed by atoms with E-state index in [1.54, 1.807) is 19.4 Å². The molecule has 0 aliphatic carbocycles. The van der Waals surface area contributed by atoms with Gasteiger partial charge in [0, 0.05) is 31.2 Å². The van der Waals surface area contributed by atoms with Crippen molar-refractivity contribution < 1.29 is 13.2 Å². The summed E-state index contributed by atoms with van der Waals surface area (Å²) in [4.78, 5) is 7.70. The molecule has 6 heteroatoms. The zero-order valence-corrected chi connectivity index (χ0v) is 12.3. The lowest BCUT2D eigenvalue weighted by atomic mass is 9.93. The topological polar surface area (TPSA) is 19.4 Å². The SMILES string of the molecule is CN(CCC1CCN(c2ccncc2)CC1)CC(F)(F)F. The third-order valence-corrected chi connectivity index (χ3v) is 4.01. The molecule has 3 nitrogen and oxygen atoms in total. The number of hydrogen-bond donors (Lipinski definition) is 0. The number of halogens is 3. The molecule has 2 rings (SSSR count). The van der Waals surface area contributed by atoms with Crippen molar-refractivity contribution in [3.8, 4) is 0 Å². The number of piperidine rings is 1. The summed E-state index contributed by atoms with van der Waals surface area (Å²) in [5.74, 6) is 0.527. The fourth-order valence-electron chi connectivity index (χ4n) is 2.82. The Hall–Kier alpha value is -1.30. The molecule has 1 saturated heterocycles. The molecule has 0 N–H and O–H groups in total. The molecule has 1 aromatic rings. The van der Waals surface area contributed by atoms with Crippen molar-refractivity contribution in [3.05, 3.63) is 24.5 Å². The number of rotatable bonds is 5. The summed E-state index contributed by atoms with van der Waals surface area (Å²) in [7, 11) is 1.54. The first kappa shape index (κ1) is 16.1. The van der Waals surface area contributed by atoms with E-state index in [0.29, 0.717) is 12.5 Å².